The lowest BCUT2D eigenvalue weighted by atomic mass is 9.80. The minimum absolute atomic E-state index is 1.44. The molecule has 0 spiro atoms. The standard InChI is InChI=1S/C22H30.I2/c1-11-13(3)17(7)21(18(8)14(11)4)22-19(9)15(5)12(2)16(6)20(22)10;1-2/h1-10H3;. The van der Waals surface area contributed by atoms with Gasteiger partial charge in [-0.05, 0) is 136 Å². The first-order chi connectivity index (χ1) is 11.1. The van der Waals surface area contributed by atoms with E-state index in [4.69, 9.17) is 0 Å². The topological polar surface area (TPSA) is 0 Å². The second-order valence-electron chi connectivity index (χ2n) is 7.00. The molecule has 0 N–H and O–H groups in total. The van der Waals surface area contributed by atoms with Crippen molar-refractivity contribution >= 4 is 37.2 Å². The molecule has 0 unspecified atom stereocenters. The molecule has 24 heavy (non-hydrogen) atoms. The van der Waals surface area contributed by atoms with Crippen molar-refractivity contribution in [3.8, 4) is 11.1 Å². The van der Waals surface area contributed by atoms with Gasteiger partial charge in [-0.15, -0.1) is 0 Å². The Kier molecular flexibility index (Phi) is 7.79. The van der Waals surface area contributed by atoms with E-state index in [0.29, 0.717) is 0 Å². The zero-order valence-corrected chi connectivity index (χ0v) is 21.1. The van der Waals surface area contributed by atoms with E-state index in [1.54, 1.807) is 0 Å². The molecule has 2 heteroatoms. The molecule has 0 atom stereocenters. The molecule has 0 saturated heterocycles. The summed E-state index contributed by atoms with van der Waals surface area (Å²) in [7, 11) is 0. The normalized spacial score (nSPS) is 10.5. The van der Waals surface area contributed by atoms with Crippen LogP contribution in [-0.4, -0.2) is 0 Å². The first kappa shape index (κ1) is 21.9. The molecule has 0 nitrogen and oxygen atoms in total. The Morgan fingerprint density at radius 2 is 0.417 bits per heavy atom. The summed E-state index contributed by atoms with van der Waals surface area (Å²) in [6, 6.07) is 0. The van der Waals surface area contributed by atoms with Crippen molar-refractivity contribution in [2.45, 2.75) is 69.2 Å². The van der Waals surface area contributed by atoms with Gasteiger partial charge in [0.15, 0.2) is 0 Å². The smallest absolute Gasteiger partial charge is 0 e. The van der Waals surface area contributed by atoms with E-state index < -0.39 is 0 Å². The molecule has 0 amide bonds. The summed E-state index contributed by atoms with van der Waals surface area (Å²) in [6.07, 6.45) is 0. The lowest BCUT2D eigenvalue weighted by molar-refractivity contribution is 1.14. The molecule has 2 aromatic carbocycles. The lowest BCUT2D eigenvalue weighted by Crippen LogP contribution is -2.05. The summed E-state index contributed by atoms with van der Waals surface area (Å²) in [5, 5.41) is 0. The second-order valence-corrected chi connectivity index (χ2v) is 7.00. The van der Waals surface area contributed by atoms with Crippen LogP contribution in [0.2, 0.25) is 0 Å². The number of benzene rings is 2. The fourth-order valence-corrected chi connectivity index (χ4v) is 3.75. The maximum Gasteiger partial charge on any atom is 0 e. The molecule has 0 heterocycles. The first-order valence-electron chi connectivity index (χ1n) is 8.39. The van der Waals surface area contributed by atoms with Crippen molar-refractivity contribution in [3.63, 3.8) is 0 Å². The average molecular weight is 548 g/mol. The molecule has 132 valence electrons. The van der Waals surface area contributed by atoms with Gasteiger partial charge in [-0.1, -0.05) is 0 Å². The number of halogens is 2. The molecule has 2 aromatic rings. The minimum Gasteiger partial charge on any atom is -0.0447 e. The third-order valence-electron chi connectivity index (χ3n) is 6.25. The Morgan fingerprint density at radius 3 is 0.583 bits per heavy atom. The Bertz CT molecular complexity index is 658. The molecular formula is C22H30I2. The van der Waals surface area contributed by atoms with Crippen molar-refractivity contribution < 1.29 is 0 Å². The van der Waals surface area contributed by atoms with Crippen LogP contribution < -0.4 is 0 Å². The Balaban J connectivity index is 0.00000139. The Hall–Kier alpha value is -0.1000. The molecular weight excluding hydrogens is 518 g/mol. The van der Waals surface area contributed by atoms with Crippen LogP contribution in [-0.2, 0) is 0 Å². The zero-order chi connectivity index (χ0) is 18.9. The van der Waals surface area contributed by atoms with Gasteiger partial charge in [0, 0.05) is 37.2 Å². The van der Waals surface area contributed by atoms with Crippen LogP contribution in [0.3, 0.4) is 0 Å². The summed E-state index contributed by atoms with van der Waals surface area (Å²) >= 11 is 4.24. The van der Waals surface area contributed by atoms with Gasteiger partial charge in [0.1, 0.15) is 0 Å². The van der Waals surface area contributed by atoms with E-state index in [9.17, 15) is 0 Å². The highest BCUT2D eigenvalue weighted by molar-refractivity contribution is 15.0. The number of hydrogen-bond donors (Lipinski definition) is 0. The van der Waals surface area contributed by atoms with Gasteiger partial charge in [0.05, 0.1) is 0 Å². The quantitative estimate of drug-likeness (QED) is 0.315. The van der Waals surface area contributed by atoms with Gasteiger partial charge >= 0.3 is 0 Å². The highest BCUT2D eigenvalue weighted by Gasteiger charge is 2.20. The van der Waals surface area contributed by atoms with Crippen molar-refractivity contribution in [1.82, 2.24) is 0 Å². The molecule has 0 aliphatic heterocycles. The largest absolute Gasteiger partial charge is 0.0447 e. The summed E-state index contributed by atoms with van der Waals surface area (Å²) in [4.78, 5) is 0. The maximum absolute atomic E-state index is 2.29. The van der Waals surface area contributed by atoms with Crippen molar-refractivity contribution in [3.05, 3.63) is 55.6 Å². The molecule has 0 fully saturated rings. The van der Waals surface area contributed by atoms with Crippen LogP contribution in [0, 0.1) is 69.2 Å². The second kappa shape index (κ2) is 8.52. The van der Waals surface area contributed by atoms with Gasteiger partial charge in [0.25, 0.3) is 0 Å². The van der Waals surface area contributed by atoms with Gasteiger partial charge < -0.3 is 0 Å². The summed E-state index contributed by atoms with van der Waals surface area (Å²) < 4.78 is 0. The summed E-state index contributed by atoms with van der Waals surface area (Å²) in [5.74, 6) is 0. The molecule has 0 aliphatic rings. The SMILES string of the molecule is Cc1c(C)c(C)c(-c2c(C)c(C)c(C)c(C)c2C)c(C)c1C.II. The van der Waals surface area contributed by atoms with E-state index in [1.807, 2.05) is 0 Å². The fourth-order valence-electron chi connectivity index (χ4n) is 3.75. The van der Waals surface area contributed by atoms with E-state index in [0.717, 1.165) is 0 Å². The predicted molar refractivity (Wildman–Crippen MR) is 127 cm³/mol. The fraction of sp³-hybridized carbons (Fsp3) is 0.455. The summed E-state index contributed by atoms with van der Waals surface area (Å²) in [6.45, 7) is 22.7. The van der Waals surface area contributed by atoms with Crippen LogP contribution in [0.25, 0.3) is 11.1 Å². The third-order valence-corrected chi connectivity index (χ3v) is 6.25. The van der Waals surface area contributed by atoms with Gasteiger partial charge in [-0.25, -0.2) is 0 Å². The number of hydrogen-bond acceptors (Lipinski definition) is 0. The molecule has 0 aromatic heterocycles. The minimum atomic E-state index is 1.44. The molecule has 2 rings (SSSR count). The van der Waals surface area contributed by atoms with Crippen LogP contribution in [0.4, 0.5) is 0 Å². The zero-order valence-electron chi connectivity index (χ0n) is 16.8. The van der Waals surface area contributed by atoms with Crippen LogP contribution >= 0.6 is 37.2 Å². The highest BCUT2D eigenvalue weighted by atomic mass is 128. The van der Waals surface area contributed by atoms with Crippen LogP contribution in [0.15, 0.2) is 0 Å². The van der Waals surface area contributed by atoms with Gasteiger partial charge in [0.2, 0.25) is 0 Å². The van der Waals surface area contributed by atoms with E-state index in [1.165, 1.54) is 66.8 Å². The van der Waals surface area contributed by atoms with Crippen molar-refractivity contribution in [1.29, 1.82) is 0 Å². The molecule has 0 radical (unpaired) electrons. The van der Waals surface area contributed by atoms with Crippen LogP contribution in [0.1, 0.15) is 55.6 Å². The van der Waals surface area contributed by atoms with Gasteiger partial charge in [-0.2, -0.15) is 0 Å². The number of rotatable bonds is 1. The monoisotopic (exact) mass is 548 g/mol. The van der Waals surface area contributed by atoms with E-state index in [2.05, 4.69) is 106 Å². The van der Waals surface area contributed by atoms with Crippen LogP contribution in [0.5, 0.6) is 0 Å². The van der Waals surface area contributed by atoms with E-state index in [-0.39, 0.29) is 0 Å². The van der Waals surface area contributed by atoms with Crippen molar-refractivity contribution in [2.75, 3.05) is 0 Å². The maximum atomic E-state index is 2.29. The molecule has 0 aliphatic carbocycles. The molecule has 0 bridgehead atoms. The molecule has 0 saturated carbocycles. The highest BCUT2D eigenvalue weighted by Crippen LogP contribution is 2.40. The van der Waals surface area contributed by atoms with Gasteiger partial charge in [-0.3, -0.25) is 0 Å². The Morgan fingerprint density at radius 1 is 0.292 bits per heavy atom. The first-order valence-corrected chi connectivity index (χ1v) is 14.7. The predicted octanol–water partition coefficient (Wildman–Crippen LogP) is 8.21. The van der Waals surface area contributed by atoms with E-state index >= 15 is 0 Å². The van der Waals surface area contributed by atoms with Crippen molar-refractivity contribution in [2.24, 2.45) is 0 Å². The third kappa shape index (κ3) is 3.55. The summed E-state index contributed by atoms with van der Waals surface area (Å²) in [5.41, 5.74) is 17.3. The Labute approximate surface area is 172 Å². The lowest BCUT2D eigenvalue weighted by Gasteiger charge is -2.25. The average Bonchev–Trinajstić information content (AvgIpc) is 2.59.